The lowest BCUT2D eigenvalue weighted by Gasteiger charge is -2.12. The number of fused-ring (bicyclic) bond motifs is 1. The average Bonchev–Trinajstić information content (AvgIpc) is 3.32. The first-order valence-corrected chi connectivity index (χ1v) is 7.96. The van der Waals surface area contributed by atoms with E-state index in [1.54, 1.807) is 0 Å². The molecule has 4 rings (SSSR count). The van der Waals surface area contributed by atoms with Crippen LogP contribution in [0.3, 0.4) is 0 Å². The Morgan fingerprint density at radius 2 is 2.22 bits per heavy atom. The number of anilines is 3. The number of nitrogens with one attached hydrogen (secondary N) is 2. The van der Waals surface area contributed by atoms with Crippen molar-refractivity contribution in [2.45, 2.75) is 25.2 Å². The van der Waals surface area contributed by atoms with Gasteiger partial charge in [-0.15, -0.1) is 0 Å². The van der Waals surface area contributed by atoms with Crippen LogP contribution in [0.2, 0.25) is 0 Å². The van der Waals surface area contributed by atoms with E-state index < -0.39 is 0 Å². The molecule has 2 N–H and O–H groups in total. The minimum absolute atomic E-state index is 0.356. The molecule has 23 heavy (non-hydrogen) atoms. The van der Waals surface area contributed by atoms with Gasteiger partial charge in [0.05, 0.1) is 7.11 Å². The fourth-order valence-electron chi connectivity index (χ4n) is 3.01. The molecule has 5 nitrogen and oxygen atoms in total. The molecule has 1 aromatic heterocycles. The average molecular weight is 309 g/mol. The number of hydrogen-bond acceptors (Lipinski definition) is 5. The van der Waals surface area contributed by atoms with E-state index in [1.807, 2.05) is 18.3 Å². The third kappa shape index (κ3) is 2.74. The van der Waals surface area contributed by atoms with Crippen molar-refractivity contribution in [1.29, 1.82) is 0 Å². The number of pyridine rings is 1. The maximum absolute atomic E-state index is 12.1. The zero-order valence-corrected chi connectivity index (χ0v) is 13.1. The lowest BCUT2D eigenvalue weighted by molar-refractivity contribution is 0.0601. The van der Waals surface area contributed by atoms with Crippen molar-refractivity contribution < 1.29 is 9.53 Å². The second kappa shape index (κ2) is 5.57. The van der Waals surface area contributed by atoms with Crippen LogP contribution in [0, 0.1) is 0 Å². The van der Waals surface area contributed by atoms with Crippen LogP contribution in [0.25, 0.3) is 0 Å². The van der Waals surface area contributed by atoms with E-state index in [0.717, 1.165) is 24.2 Å². The minimum Gasteiger partial charge on any atom is -0.465 e. The zero-order chi connectivity index (χ0) is 15.8. The molecule has 118 valence electrons. The van der Waals surface area contributed by atoms with Crippen LogP contribution in [0.5, 0.6) is 0 Å². The molecule has 5 heteroatoms. The maximum atomic E-state index is 12.1. The molecular weight excluding hydrogens is 290 g/mol. The second-order valence-electron chi connectivity index (χ2n) is 6.10. The molecule has 0 spiro atoms. The number of ether oxygens (including phenoxy) is 1. The van der Waals surface area contributed by atoms with Crippen molar-refractivity contribution in [1.82, 2.24) is 4.98 Å². The number of esters is 1. The summed E-state index contributed by atoms with van der Waals surface area (Å²) in [5.74, 6) is 0.739. The van der Waals surface area contributed by atoms with Gasteiger partial charge in [-0.2, -0.15) is 0 Å². The molecule has 0 saturated heterocycles. The highest BCUT2D eigenvalue weighted by molar-refractivity contribution is 5.95. The molecule has 0 atom stereocenters. The summed E-state index contributed by atoms with van der Waals surface area (Å²) < 4.78 is 4.91. The summed E-state index contributed by atoms with van der Waals surface area (Å²) >= 11 is 0. The fourth-order valence-corrected chi connectivity index (χ4v) is 3.01. The molecule has 1 fully saturated rings. The molecule has 0 amide bonds. The fraction of sp³-hybridized carbons (Fsp3) is 0.333. The third-order valence-electron chi connectivity index (χ3n) is 4.44. The van der Waals surface area contributed by atoms with Crippen molar-refractivity contribution in [3.63, 3.8) is 0 Å². The third-order valence-corrected chi connectivity index (χ3v) is 4.44. The largest absolute Gasteiger partial charge is 0.465 e. The molecule has 1 aliphatic carbocycles. The summed E-state index contributed by atoms with van der Waals surface area (Å²) in [7, 11) is 1.40. The molecule has 1 aromatic carbocycles. The van der Waals surface area contributed by atoms with Crippen LogP contribution in [0.4, 0.5) is 17.2 Å². The van der Waals surface area contributed by atoms with Crippen molar-refractivity contribution >= 4 is 23.2 Å². The van der Waals surface area contributed by atoms with E-state index in [9.17, 15) is 4.79 Å². The number of aromatic nitrogens is 1. The van der Waals surface area contributed by atoms with Gasteiger partial charge in [0.1, 0.15) is 11.4 Å². The van der Waals surface area contributed by atoms with Gasteiger partial charge in [0, 0.05) is 24.1 Å². The van der Waals surface area contributed by atoms with Gasteiger partial charge in [0.15, 0.2) is 0 Å². The second-order valence-corrected chi connectivity index (χ2v) is 6.10. The highest BCUT2D eigenvalue weighted by Gasteiger charge is 2.26. The van der Waals surface area contributed by atoms with Crippen LogP contribution in [0.15, 0.2) is 30.5 Å². The van der Waals surface area contributed by atoms with Gasteiger partial charge in [-0.1, -0.05) is 0 Å². The first-order valence-electron chi connectivity index (χ1n) is 7.96. The molecule has 2 aliphatic rings. The molecular formula is C18H19N3O2. The van der Waals surface area contributed by atoms with Gasteiger partial charge >= 0.3 is 5.97 Å². The Bertz CT molecular complexity index is 769. The van der Waals surface area contributed by atoms with Crippen LogP contribution in [0.1, 0.15) is 40.2 Å². The van der Waals surface area contributed by atoms with Gasteiger partial charge < -0.3 is 15.4 Å². The normalized spacial score (nSPS) is 15.7. The van der Waals surface area contributed by atoms with Gasteiger partial charge in [-0.3, -0.25) is 0 Å². The van der Waals surface area contributed by atoms with Gasteiger partial charge in [-0.05, 0) is 60.6 Å². The van der Waals surface area contributed by atoms with E-state index >= 15 is 0 Å². The van der Waals surface area contributed by atoms with Crippen LogP contribution < -0.4 is 10.6 Å². The SMILES string of the molecule is COC(=O)c1cc(C2CC2)cnc1Nc1ccc2c(c1)CCN2. The number of hydrogen-bond donors (Lipinski definition) is 2. The summed E-state index contributed by atoms with van der Waals surface area (Å²) in [4.78, 5) is 16.6. The van der Waals surface area contributed by atoms with E-state index in [1.165, 1.54) is 31.2 Å². The molecule has 0 bridgehead atoms. The summed E-state index contributed by atoms with van der Waals surface area (Å²) in [6, 6.07) is 8.07. The lowest BCUT2D eigenvalue weighted by atomic mass is 10.1. The van der Waals surface area contributed by atoms with E-state index in [0.29, 0.717) is 17.3 Å². The van der Waals surface area contributed by atoms with E-state index in [4.69, 9.17) is 4.74 Å². The molecule has 1 aliphatic heterocycles. The first-order chi connectivity index (χ1) is 11.2. The topological polar surface area (TPSA) is 63.2 Å². The number of methoxy groups -OCH3 is 1. The highest BCUT2D eigenvalue weighted by atomic mass is 16.5. The summed E-state index contributed by atoms with van der Waals surface area (Å²) in [5, 5.41) is 6.60. The summed E-state index contributed by atoms with van der Waals surface area (Å²) in [6.07, 6.45) is 5.23. The van der Waals surface area contributed by atoms with E-state index in [-0.39, 0.29) is 5.97 Å². The Hall–Kier alpha value is -2.56. The Kier molecular flexibility index (Phi) is 3.41. The predicted octanol–water partition coefficient (Wildman–Crippen LogP) is 3.46. The zero-order valence-electron chi connectivity index (χ0n) is 13.1. The van der Waals surface area contributed by atoms with Gasteiger partial charge in [0.25, 0.3) is 0 Å². The number of rotatable bonds is 4. The Balaban J connectivity index is 1.66. The first kappa shape index (κ1) is 14.1. The van der Waals surface area contributed by atoms with Crippen molar-refractivity contribution in [2.24, 2.45) is 0 Å². The van der Waals surface area contributed by atoms with Crippen molar-refractivity contribution in [3.05, 3.63) is 47.2 Å². The molecule has 0 radical (unpaired) electrons. The highest BCUT2D eigenvalue weighted by Crippen LogP contribution is 2.40. The Morgan fingerprint density at radius 3 is 3.00 bits per heavy atom. The quantitative estimate of drug-likeness (QED) is 0.847. The van der Waals surface area contributed by atoms with Crippen molar-refractivity contribution in [3.8, 4) is 0 Å². The van der Waals surface area contributed by atoms with Crippen LogP contribution in [-0.2, 0) is 11.2 Å². The van der Waals surface area contributed by atoms with Gasteiger partial charge in [-0.25, -0.2) is 9.78 Å². The molecule has 2 aromatic rings. The monoisotopic (exact) mass is 309 g/mol. The number of benzene rings is 1. The summed E-state index contributed by atoms with van der Waals surface area (Å²) in [6.45, 7) is 0.973. The number of carbonyl (C=O) groups is 1. The van der Waals surface area contributed by atoms with Crippen LogP contribution in [-0.4, -0.2) is 24.6 Å². The van der Waals surface area contributed by atoms with Gasteiger partial charge in [0.2, 0.25) is 0 Å². The minimum atomic E-state index is -0.356. The summed E-state index contributed by atoms with van der Waals surface area (Å²) in [5.41, 5.74) is 5.01. The van der Waals surface area contributed by atoms with Crippen LogP contribution >= 0.6 is 0 Å². The van der Waals surface area contributed by atoms with Crippen molar-refractivity contribution in [2.75, 3.05) is 24.3 Å². The maximum Gasteiger partial charge on any atom is 0.341 e. The standard InChI is InChI=1S/C18H19N3O2/c1-23-18(22)15-9-13(11-2-3-11)10-20-17(15)21-14-4-5-16-12(8-14)6-7-19-16/h4-5,8-11,19H,2-3,6-7H2,1H3,(H,20,21). The Morgan fingerprint density at radius 1 is 1.35 bits per heavy atom. The number of carbonyl (C=O) groups excluding carboxylic acids is 1. The Labute approximate surface area is 135 Å². The predicted molar refractivity (Wildman–Crippen MR) is 89.5 cm³/mol. The smallest absolute Gasteiger partial charge is 0.341 e. The molecule has 2 heterocycles. The number of nitrogens with zero attached hydrogens (tertiary/aromatic N) is 1. The van der Waals surface area contributed by atoms with E-state index in [2.05, 4.69) is 27.8 Å². The molecule has 0 unspecified atom stereocenters. The molecule has 1 saturated carbocycles. The lowest BCUT2D eigenvalue weighted by Crippen LogP contribution is -2.08.